The van der Waals surface area contributed by atoms with Crippen molar-refractivity contribution in [1.82, 2.24) is 5.32 Å². The van der Waals surface area contributed by atoms with Gasteiger partial charge in [-0.15, -0.1) is 0 Å². The van der Waals surface area contributed by atoms with Crippen molar-refractivity contribution in [3.8, 4) is 0 Å². The predicted molar refractivity (Wildman–Crippen MR) is 63.3 cm³/mol. The maximum Gasteiger partial charge on any atom is 0.408 e. The van der Waals surface area contributed by atoms with Crippen molar-refractivity contribution in [3.05, 3.63) is 0 Å². The van der Waals surface area contributed by atoms with Crippen molar-refractivity contribution < 1.29 is 9.53 Å². The van der Waals surface area contributed by atoms with E-state index in [0.29, 0.717) is 5.41 Å². The number of ether oxygens (including phenoxy) is 1. The predicted octanol–water partition coefficient (Wildman–Crippen LogP) is 3.23. The van der Waals surface area contributed by atoms with E-state index in [9.17, 15) is 4.79 Å². The minimum absolute atomic E-state index is 0.0492. The third-order valence-corrected chi connectivity index (χ3v) is 4.10. The summed E-state index contributed by atoms with van der Waals surface area (Å²) < 4.78 is 5.33. The van der Waals surface area contributed by atoms with Gasteiger partial charge in [0.2, 0.25) is 0 Å². The van der Waals surface area contributed by atoms with Gasteiger partial charge >= 0.3 is 6.09 Å². The molecular weight excluding hydrogens is 202 g/mol. The Kier molecular flexibility index (Phi) is 2.48. The van der Waals surface area contributed by atoms with Crippen LogP contribution >= 0.6 is 0 Å². The first-order chi connectivity index (χ1) is 7.27. The second-order valence-corrected chi connectivity index (χ2v) is 6.62. The van der Waals surface area contributed by atoms with Crippen LogP contribution in [0.5, 0.6) is 0 Å². The Morgan fingerprint density at radius 2 is 1.75 bits per heavy atom. The average molecular weight is 225 g/mol. The van der Waals surface area contributed by atoms with Gasteiger partial charge in [-0.2, -0.15) is 0 Å². The lowest BCUT2D eigenvalue weighted by molar-refractivity contribution is 0.0302. The van der Waals surface area contributed by atoms with Crippen LogP contribution in [0.25, 0.3) is 0 Å². The molecule has 3 heteroatoms. The number of carbonyl (C=O) groups excluding carboxylic acids is 1. The van der Waals surface area contributed by atoms with Gasteiger partial charge in [-0.3, -0.25) is 0 Å². The maximum absolute atomic E-state index is 11.8. The van der Waals surface area contributed by atoms with Gasteiger partial charge in [0, 0.05) is 5.54 Å². The molecule has 0 radical (unpaired) electrons. The first-order valence-corrected chi connectivity index (χ1v) is 6.28. The summed E-state index contributed by atoms with van der Waals surface area (Å²) in [5.41, 5.74) is -0.0296. The molecule has 2 fully saturated rings. The zero-order valence-electron chi connectivity index (χ0n) is 10.9. The third kappa shape index (κ3) is 2.04. The molecule has 0 spiro atoms. The van der Waals surface area contributed by atoms with Crippen LogP contribution in [0.1, 0.15) is 59.8 Å². The molecule has 2 saturated carbocycles. The summed E-state index contributed by atoms with van der Waals surface area (Å²) in [6.07, 6.45) is 5.75. The van der Waals surface area contributed by atoms with Gasteiger partial charge < -0.3 is 10.1 Å². The van der Waals surface area contributed by atoms with Crippen LogP contribution in [-0.4, -0.2) is 17.2 Å². The summed E-state index contributed by atoms with van der Waals surface area (Å²) in [5, 5.41) is 3.11. The van der Waals surface area contributed by atoms with Crippen LogP contribution in [0, 0.1) is 5.41 Å². The van der Waals surface area contributed by atoms with E-state index < -0.39 is 5.60 Å². The number of carbonyl (C=O) groups is 1. The van der Waals surface area contributed by atoms with E-state index in [0.717, 1.165) is 12.8 Å². The Morgan fingerprint density at radius 1 is 1.19 bits per heavy atom. The second kappa shape index (κ2) is 3.38. The summed E-state index contributed by atoms with van der Waals surface area (Å²) in [5.74, 6) is 0. The molecule has 0 atom stereocenters. The second-order valence-electron chi connectivity index (χ2n) is 6.62. The minimum atomic E-state index is -0.402. The topological polar surface area (TPSA) is 38.3 Å². The summed E-state index contributed by atoms with van der Waals surface area (Å²) in [4.78, 5) is 11.8. The van der Waals surface area contributed by atoms with E-state index in [1.54, 1.807) is 0 Å². The molecule has 2 aliphatic rings. The Bertz CT molecular complexity index is 296. The number of rotatable bonds is 2. The van der Waals surface area contributed by atoms with E-state index in [4.69, 9.17) is 4.74 Å². The van der Waals surface area contributed by atoms with Gasteiger partial charge in [0.15, 0.2) is 0 Å². The number of alkyl carbamates (subject to hydrolysis) is 1. The van der Waals surface area contributed by atoms with Crippen molar-refractivity contribution in [2.75, 3.05) is 0 Å². The van der Waals surface area contributed by atoms with Gasteiger partial charge in [-0.05, 0) is 51.9 Å². The molecule has 0 aromatic heterocycles. The van der Waals surface area contributed by atoms with Gasteiger partial charge in [-0.25, -0.2) is 4.79 Å². The average Bonchev–Trinajstić information content (AvgIpc) is 2.77. The molecule has 0 saturated heterocycles. The van der Waals surface area contributed by atoms with Gasteiger partial charge in [0.1, 0.15) is 5.60 Å². The highest BCUT2D eigenvalue weighted by Crippen LogP contribution is 2.59. The van der Waals surface area contributed by atoms with Gasteiger partial charge in [0.05, 0.1) is 0 Å². The van der Waals surface area contributed by atoms with Crippen molar-refractivity contribution in [3.63, 3.8) is 0 Å². The highest BCUT2D eigenvalue weighted by atomic mass is 16.6. The van der Waals surface area contributed by atoms with E-state index in [-0.39, 0.29) is 11.6 Å². The lowest BCUT2D eigenvalue weighted by Gasteiger charge is -2.46. The normalized spacial score (nSPS) is 25.5. The molecule has 16 heavy (non-hydrogen) atoms. The summed E-state index contributed by atoms with van der Waals surface area (Å²) in [6.45, 7) is 7.99. The van der Waals surface area contributed by atoms with Crippen molar-refractivity contribution in [2.45, 2.75) is 70.9 Å². The highest BCUT2D eigenvalue weighted by Gasteiger charge is 2.60. The van der Waals surface area contributed by atoms with Crippen LogP contribution in [0.15, 0.2) is 0 Å². The lowest BCUT2D eigenvalue weighted by Crippen LogP contribution is -2.53. The molecule has 0 aliphatic heterocycles. The lowest BCUT2D eigenvalue weighted by atomic mass is 9.64. The van der Waals surface area contributed by atoms with Crippen LogP contribution in [0.3, 0.4) is 0 Å². The van der Waals surface area contributed by atoms with E-state index >= 15 is 0 Å². The molecule has 92 valence electrons. The molecule has 1 amide bonds. The molecule has 0 aromatic carbocycles. The van der Waals surface area contributed by atoms with E-state index in [1.807, 2.05) is 20.8 Å². The molecular formula is C13H23NO2. The molecule has 3 nitrogen and oxygen atoms in total. The Balaban J connectivity index is 1.92. The molecule has 0 aromatic rings. The Morgan fingerprint density at radius 3 is 2.06 bits per heavy atom. The number of amides is 1. The van der Waals surface area contributed by atoms with Crippen LogP contribution in [0.2, 0.25) is 0 Å². The third-order valence-electron chi connectivity index (χ3n) is 4.10. The van der Waals surface area contributed by atoms with Crippen LogP contribution < -0.4 is 5.32 Å². The highest BCUT2D eigenvalue weighted by molar-refractivity contribution is 5.69. The van der Waals surface area contributed by atoms with Gasteiger partial charge in [0.25, 0.3) is 0 Å². The SMILES string of the molecule is CC(C)(C)OC(=O)NC1(C2(C)CCC2)CC1. The molecule has 0 bridgehead atoms. The van der Waals surface area contributed by atoms with E-state index in [1.165, 1.54) is 19.3 Å². The minimum Gasteiger partial charge on any atom is -0.444 e. The fourth-order valence-electron chi connectivity index (χ4n) is 2.69. The molecule has 1 N–H and O–H groups in total. The van der Waals surface area contributed by atoms with Crippen molar-refractivity contribution in [2.24, 2.45) is 5.41 Å². The van der Waals surface area contributed by atoms with Crippen LogP contribution in [0.4, 0.5) is 4.79 Å². The zero-order chi connectivity index (χ0) is 12.0. The first-order valence-electron chi connectivity index (χ1n) is 6.28. The Hall–Kier alpha value is -0.730. The summed E-state index contributed by atoms with van der Waals surface area (Å²) in [7, 11) is 0. The number of nitrogens with one attached hydrogen (secondary N) is 1. The van der Waals surface area contributed by atoms with E-state index in [2.05, 4.69) is 12.2 Å². The number of hydrogen-bond acceptors (Lipinski definition) is 2. The molecule has 0 heterocycles. The first kappa shape index (κ1) is 11.7. The van der Waals surface area contributed by atoms with Crippen LogP contribution in [-0.2, 0) is 4.74 Å². The maximum atomic E-state index is 11.8. The largest absolute Gasteiger partial charge is 0.444 e. The standard InChI is InChI=1S/C13H23NO2/c1-11(2,3)16-10(15)14-13(8-9-13)12(4)6-5-7-12/h5-9H2,1-4H3,(H,14,15). The fourth-order valence-corrected chi connectivity index (χ4v) is 2.69. The number of hydrogen-bond donors (Lipinski definition) is 1. The summed E-state index contributed by atoms with van der Waals surface area (Å²) >= 11 is 0. The smallest absolute Gasteiger partial charge is 0.408 e. The van der Waals surface area contributed by atoms with Crippen molar-refractivity contribution in [1.29, 1.82) is 0 Å². The molecule has 0 unspecified atom stereocenters. The quantitative estimate of drug-likeness (QED) is 0.783. The fraction of sp³-hybridized carbons (Fsp3) is 0.923. The summed E-state index contributed by atoms with van der Waals surface area (Å²) in [6, 6.07) is 0. The zero-order valence-corrected chi connectivity index (χ0v) is 10.9. The molecule has 2 rings (SSSR count). The Labute approximate surface area is 97.9 Å². The molecule has 2 aliphatic carbocycles. The van der Waals surface area contributed by atoms with Crippen molar-refractivity contribution >= 4 is 6.09 Å². The van der Waals surface area contributed by atoms with Gasteiger partial charge in [-0.1, -0.05) is 13.3 Å². The monoisotopic (exact) mass is 225 g/mol.